The van der Waals surface area contributed by atoms with Gasteiger partial charge in [-0.1, -0.05) is 48.9 Å². The van der Waals surface area contributed by atoms with Crippen molar-refractivity contribution in [3.05, 3.63) is 106 Å². The van der Waals surface area contributed by atoms with Crippen LogP contribution in [0, 0.1) is 17.6 Å². The number of likely N-dealkylation sites (tertiary alicyclic amines) is 2. The number of amides is 6. The van der Waals surface area contributed by atoms with E-state index in [0.717, 1.165) is 63.7 Å². The molecule has 3 saturated heterocycles. The van der Waals surface area contributed by atoms with Crippen LogP contribution in [-0.4, -0.2) is 124 Å². The Balaban J connectivity index is 0.723. The highest BCUT2D eigenvalue weighted by atomic mass is 35.5. The van der Waals surface area contributed by atoms with E-state index in [2.05, 4.69) is 20.9 Å². The van der Waals surface area contributed by atoms with E-state index in [1.807, 2.05) is 42.2 Å². The van der Waals surface area contributed by atoms with Gasteiger partial charge in [0.15, 0.2) is 17.2 Å². The molecule has 4 heterocycles. The molecular formula is C55H64ClF2N7O9. The summed E-state index contributed by atoms with van der Waals surface area (Å²) in [6.45, 7) is 6.56. The summed E-state index contributed by atoms with van der Waals surface area (Å²) in [5.41, 5.74) is 6.34. The number of halogens is 3. The Morgan fingerprint density at radius 1 is 0.851 bits per heavy atom. The van der Waals surface area contributed by atoms with E-state index in [4.69, 9.17) is 36.3 Å². The van der Waals surface area contributed by atoms with Gasteiger partial charge in [-0.05, 0) is 87.3 Å². The second-order valence-corrected chi connectivity index (χ2v) is 20.3. The van der Waals surface area contributed by atoms with E-state index < -0.39 is 35.1 Å². The van der Waals surface area contributed by atoms with Gasteiger partial charge < -0.3 is 45.1 Å². The summed E-state index contributed by atoms with van der Waals surface area (Å²) in [7, 11) is 2.79. The molecule has 4 aromatic carbocycles. The highest BCUT2D eigenvalue weighted by molar-refractivity contribution is 6.34. The molecule has 394 valence electrons. The Kier molecular flexibility index (Phi) is 16.1. The molecule has 0 spiro atoms. The van der Waals surface area contributed by atoms with Crippen molar-refractivity contribution in [2.45, 2.75) is 94.5 Å². The summed E-state index contributed by atoms with van der Waals surface area (Å²) in [4.78, 5) is 69.6. The van der Waals surface area contributed by atoms with Crippen LogP contribution in [0.3, 0.4) is 0 Å². The lowest BCUT2D eigenvalue weighted by Crippen LogP contribution is -2.49. The molecular weight excluding hydrogens is 976 g/mol. The molecule has 6 amide bonds. The number of hydrogen-bond donors (Lipinski definition) is 4. The second kappa shape index (κ2) is 22.6. The van der Waals surface area contributed by atoms with Gasteiger partial charge in [-0.2, -0.15) is 0 Å². The summed E-state index contributed by atoms with van der Waals surface area (Å²) >= 11 is 6.69. The predicted octanol–water partition coefficient (Wildman–Crippen LogP) is 7.29. The third-order valence-corrected chi connectivity index (χ3v) is 16.0. The number of methoxy groups -OCH3 is 2. The average molecular weight is 1040 g/mol. The first-order valence-corrected chi connectivity index (χ1v) is 26.0. The van der Waals surface area contributed by atoms with Crippen LogP contribution in [0.15, 0.2) is 66.7 Å². The molecule has 0 unspecified atom stereocenters. The predicted molar refractivity (Wildman–Crippen MR) is 274 cm³/mol. The van der Waals surface area contributed by atoms with Crippen molar-refractivity contribution in [3.63, 3.8) is 0 Å². The highest BCUT2D eigenvalue weighted by Crippen LogP contribution is 2.56. The van der Waals surface area contributed by atoms with Crippen molar-refractivity contribution >= 4 is 46.9 Å². The number of hydrogen-bond acceptors (Lipinski definition) is 11. The molecule has 0 bridgehead atoms. The van der Waals surface area contributed by atoms with E-state index in [0.29, 0.717) is 61.6 Å². The van der Waals surface area contributed by atoms with Crippen molar-refractivity contribution in [1.82, 2.24) is 25.8 Å². The van der Waals surface area contributed by atoms with Gasteiger partial charge in [-0.15, -0.1) is 0 Å². The van der Waals surface area contributed by atoms with E-state index in [1.165, 1.54) is 37.3 Å². The SMILES string of the molecule is COc1ccc(C(=O)N2CCC(OC3CCN(CCNC(=O)C4CCC(NC[C@]5(c6ccccc6)Oc6cc(F)c(Cl)c(-c7c(C(N)=O)ccc(OC)c7F)c6[C@@H]5C)CC4)CC3)CC2)cc1N1CCC(=O)NC1=O. The molecule has 5 N–H and O–H groups in total. The Morgan fingerprint density at radius 2 is 1.53 bits per heavy atom. The number of nitrogens with zero attached hydrogens (tertiary/aromatic N) is 3. The smallest absolute Gasteiger partial charge is 0.328 e. The molecule has 5 aliphatic rings. The minimum atomic E-state index is -1.08. The van der Waals surface area contributed by atoms with Crippen LogP contribution in [0.1, 0.15) is 102 Å². The standard InChI is InChI=1S/C55H64ClF2N7O9/c1-32-46-44(30-40(57)49(56)48(46)47-39(51(59)67)14-16-43(72-3)50(47)58)74-55(32,35-7-5-4-6-8-35)31-61-36-12-9-33(10-13-36)52(68)60-22-28-63-23-17-37(18-24-63)73-38-19-25-64(26-20-38)53(69)34-11-15-42(71-2)41(29-34)65-27-21-45(66)62-54(65)70/h4-8,11,14-16,29-30,32-33,36-38,61H,9-10,12-13,17-28,31H2,1-3H3,(H2,59,67)(H,60,68)(H,62,66,70)/t32-,33?,36?,55-/m0/s1. The Morgan fingerprint density at radius 3 is 2.19 bits per heavy atom. The van der Waals surface area contributed by atoms with Crippen LogP contribution in [0.25, 0.3) is 11.1 Å². The number of carbonyl (C=O) groups excluding carboxylic acids is 5. The first-order chi connectivity index (χ1) is 35.7. The molecule has 0 radical (unpaired) electrons. The summed E-state index contributed by atoms with van der Waals surface area (Å²) in [5, 5.41) is 8.86. The molecule has 2 atom stereocenters. The molecule has 9 rings (SSSR count). The van der Waals surface area contributed by atoms with Crippen molar-refractivity contribution in [1.29, 1.82) is 0 Å². The van der Waals surface area contributed by atoms with Gasteiger partial charge in [0.25, 0.3) is 5.91 Å². The number of ether oxygens (including phenoxy) is 4. The van der Waals surface area contributed by atoms with Crippen molar-refractivity contribution in [3.8, 4) is 28.4 Å². The van der Waals surface area contributed by atoms with Crippen LogP contribution in [0.5, 0.6) is 17.2 Å². The van der Waals surface area contributed by atoms with E-state index in [1.54, 1.807) is 18.2 Å². The molecule has 4 fully saturated rings. The molecule has 16 nitrogen and oxygen atoms in total. The monoisotopic (exact) mass is 1040 g/mol. The molecule has 1 aliphatic carbocycles. The lowest BCUT2D eigenvalue weighted by molar-refractivity contribution is -0.126. The molecule has 19 heteroatoms. The topological polar surface area (TPSA) is 194 Å². The van der Waals surface area contributed by atoms with E-state index in [9.17, 15) is 24.0 Å². The van der Waals surface area contributed by atoms with Gasteiger partial charge in [0.1, 0.15) is 17.3 Å². The minimum Gasteiger partial charge on any atom is -0.495 e. The highest BCUT2D eigenvalue weighted by Gasteiger charge is 2.50. The van der Waals surface area contributed by atoms with Gasteiger partial charge in [-0.3, -0.25) is 29.4 Å². The number of benzene rings is 4. The molecule has 0 aromatic heterocycles. The summed E-state index contributed by atoms with van der Waals surface area (Å²) in [6.07, 6.45) is 6.48. The summed E-state index contributed by atoms with van der Waals surface area (Å²) < 4.78 is 56.0. The largest absolute Gasteiger partial charge is 0.495 e. The third-order valence-electron chi connectivity index (χ3n) is 15.6. The number of nitrogens with two attached hydrogens (primary N) is 1. The summed E-state index contributed by atoms with van der Waals surface area (Å²) in [5.74, 6) is -3.24. The third kappa shape index (κ3) is 10.8. The Hall–Kier alpha value is -6.34. The average Bonchev–Trinajstić information content (AvgIpc) is 3.70. The van der Waals surface area contributed by atoms with Crippen molar-refractivity contribution < 1.29 is 51.7 Å². The quantitative estimate of drug-likeness (QED) is 0.0881. The Bertz CT molecular complexity index is 2760. The fraction of sp³-hybridized carbons (Fsp3) is 0.473. The fourth-order valence-corrected chi connectivity index (χ4v) is 11.7. The Labute approximate surface area is 434 Å². The van der Waals surface area contributed by atoms with Gasteiger partial charge in [0, 0.05) is 105 Å². The number of piperidine rings is 2. The minimum absolute atomic E-state index is 0.0146. The van der Waals surface area contributed by atoms with E-state index in [-0.39, 0.29) is 88.1 Å². The van der Waals surface area contributed by atoms with Crippen LogP contribution < -0.4 is 40.8 Å². The van der Waals surface area contributed by atoms with Crippen LogP contribution >= 0.6 is 11.6 Å². The van der Waals surface area contributed by atoms with Crippen molar-refractivity contribution in [2.75, 3.05) is 71.5 Å². The first-order valence-electron chi connectivity index (χ1n) is 25.6. The molecule has 74 heavy (non-hydrogen) atoms. The number of urea groups is 1. The lowest BCUT2D eigenvalue weighted by atomic mass is 9.77. The number of carbonyl (C=O) groups is 5. The van der Waals surface area contributed by atoms with Crippen LogP contribution in [-0.2, 0) is 19.9 Å². The number of anilines is 1. The molecule has 4 aromatic rings. The maximum atomic E-state index is 16.2. The maximum Gasteiger partial charge on any atom is 0.328 e. The number of nitrogens with one attached hydrogen (secondary N) is 3. The number of fused-ring (bicyclic) bond motifs is 1. The van der Waals surface area contributed by atoms with Crippen LogP contribution in [0.2, 0.25) is 5.02 Å². The number of rotatable bonds is 16. The number of imide groups is 1. The maximum absolute atomic E-state index is 16.2. The van der Waals surface area contributed by atoms with Crippen molar-refractivity contribution in [2.24, 2.45) is 11.7 Å². The van der Waals surface area contributed by atoms with Crippen LogP contribution in [0.4, 0.5) is 19.3 Å². The first kappa shape index (κ1) is 52.5. The van der Waals surface area contributed by atoms with Gasteiger partial charge >= 0.3 is 6.03 Å². The normalized spacial score (nSPS) is 22.7. The zero-order chi connectivity index (χ0) is 52.3. The van der Waals surface area contributed by atoms with Gasteiger partial charge in [0.05, 0.1) is 42.7 Å². The second-order valence-electron chi connectivity index (χ2n) is 19.9. The number of primary amides is 1. The molecule has 4 aliphatic heterocycles. The fourth-order valence-electron chi connectivity index (χ4n) is 11.5. The van der Waals surface area contributed by atoms with Gasteiger partial charge in [0.2, 0.25) is 17.7 Å². The zero-order valence-electron chi connectivity index (χ0n) is 42.0. The lowest BCUT2D eigenvalue weighted by Gasteiger charge is -2.37. The zero-order valence-corrected chi connectivity index (χ0v) is 42.7. The molecule has 1 saturated carbocycles. The van der Waals surface area contributed by atoms with Gasteiger partial charge in [-0.25, -0.2) is 13.6 Å². The van der Waals surface area contributed by atoms with E-state index >= 15 is 8.78 Å². The summed E-state index contributed by atoms with van der Waals surface area (Å²) in [6, 6.07) is 17.9.